The van der Waals surface area contributed by atoms with Crippen molar-refractivity contribution in [1.29, 1.82) is 0 Å². The van der Waals surface area contributed by atoms with E-state index in [1.807, 2.05) is 30.3 Å². The standard InChI is InChI=1S/C19H18N4O4S2/c1-2-27-15(24)12-28-19-22-21-18(29-19)20-16(25)14-9-6-10-23(17(14)26)11-13-7-4-3-5-8-13/h3-10H,2,11-12H2,1H3,(H,20,21,25). The summed E-state index contributed by atoms with van der Waals surface area (Å²) in [7, 11) is 0. The molecule has 3 aromatic rings. The quantitative estimate of drug-likeness (QED) is 0.333. The van der Waals surface area contributed by atoms with Crippen LogP contribution in [0.25, 0.3) is 0 Å². The van der Waals surface area contributed by atoms with Gasteiger partial charge in [0, 0.05) is 6.20 Å². The largest absolute Gasteiger partial charge is 0.465 e. The lowest BCUT2D eigenvalue weighted by molar-refractivity contribution is -0.139. The Morgan fingerprint density at radius 2 is 1.97 bits per heavy atom. The Morgan fingerprint density at radius 3 is 2.72 bits per heavy atom. The molecule has 0 saturated heterocycles. The van der Waals surface area contributed by atoms with Gasteiger partial charge in [0.15, 0.2) is 4.34 Å². The van der Waals surface area contributed by atoms with E-state index in [0.29, 0.717) is 17.5 Å². The van der Waals surface area contributed by atoms with E-state index in [0.717, 1.165) is 16.9 Å². The van der Waals surface area contributed by atoms with Crippen molar-refractivity contribution in [2.24, 2.45) is 0 Å². The minimum atomic E-state index is -0.560. The molecule has 0 bridgehead atoms. The number of anilines is 1. The molecule has 0 unspecified atom stereocenters. The van der Waals surface area contributed by atoms with E-state index >= 15 is 0 Å². The van der Waals surface area contributed by atoms with E-state index in [1.165, 1.54) is 22.4 Å². The van der Waals surface area contributed by atoms with Crippen molar-refractivity contribution in [2.75, 3.05) is 17.7 Å². The SMILES string of the molecule is CCOC(=O)CSc1nnc(NC(=O)c2cccn(Cc3ccccc3)c2=O)s1. The molecule has 0 aliphatic rings. The van der Waals surface area contributed by atoms with Gasteiger partial charge in [0.2, 0.25) is 5.13 Å². The van der Waals surface area contributed by atoms with Gasteiger partial charge in [-0.1, -0.05) is 53.4 Å². The molecule has 0 fully saturated rings. The molecule has 0 saturated carbocycles. The van der Waals surface area contributed by atoms with Crippen LogP contribution in [-0.4, -0.2) is 39.0 Å². The zero-order valence-electron chi connectivity index (χ0n) is 15.5. The van der Waals surface area contributed by atoms with E-state index in [4.69, 9.17) is 4.74 Å². The van der Waals surface area contributed by atoms with Crippen LogP contribution in [0.4, 0.5) is 5.13 Å². The summed E-state index contributed by atoms with van der Waals surface area (Å²) in [4.78, 5) is 36.6. The molecule has 2 heterocycles. The predicted octanol–water partition coefficient (Wildman–Crippen LogP) is 2.66. The van der Waals surface area contributed by atoms with Crippen molar-refractivity contribution >= 4 is 40.1 Å². The minimum absolute atomic E-state index is 0.0133. The number of nitrogens with zero attached hydrogens (tertiary/aromatic N) is 3. The van der Waals surface area contributed by atoms with Crippen molar-refractivity contribution < 1.29 is 14.3 Å². The van der Waals surface area contributed by atoms with Crippen molar-refractivity contribution in [3.63, 3.8) is 0 Å². The summed E-state index contributed by atoms with van der Waals surface area (Å²) in [5, 5.41) is 10.6. The highest BCUT2D eigenvalue weighted by atomic mass is 32.2. The Hall–Kier alpha value is -2.98. The monoisotopic (exact) mass is 430 g/mol. The van der Waals surface area contributed by atoms with E-state index < -0.39 is 11.5 Å². The molecule has 1 N–H and O–H groups in total. The number of hydrogen-bond donors (Lipinski definition) is 1. The first-order chi connectivity index (χ1) is 14.1. The van der Waals surface area contributed by atoms with E-state index in [-0.39, 0.29) is 22.4 Å². The van der Waals surface area contributed by atoms with Gasteiger partial charge in [0.05, 0.1) is 18.9 Å². The Kier molecular flexibility index (Phi) is 7.14. The van der Waals surface area contributed by atoms with Crippen LogP contribution in [-0.2, 0) is 16.1 Å². The number of nitrogens with one attached hydrogen (secondary N) is 1. The molecule has 0 aliphatic carbocycles. The fourth-order valence-electron chi connectivity index (χ4n) is 2.42. The topological polar surface area (TPSA) is 103 Å². The van der Waals surface area contributed by atoms with Crippen LogP contribution in [0, 0.1) is 0 Å². The molecule has 0 radical (unpaired) electrons. The number of rotatable bonds is 8. The molecular weight excluding hydrogens is 412 g/mol. The van der Waals surface area contributed by atoms with Gasteiger partial charge < -0.3 is 9.30 Å². The maximum absolute atomic E-state index is 12.7. The van der Waals surface area contributed by atoms with Crippen LogP contribution in [0.1, 0.15) is 22.8 Å². The summed E-state index contributed by atoms with van der Waals surface area (Å²) >= 11 is 2.29. The number of ether oxygens (including phenoxy) is 1. The molecule has 1 aromatic carbocycles. The smallest absolute Gasteiger partial charge is 0.316 e. The lowest BCUT2D eigenvalue weighted by Gasteiger charge is -2.08. The highest BCUT2D eigenvalue weighted by Crippen LogP contribution is 2.25. The number of carbonyl (C=O) groups excluding carboxylic acids is 2. The van der Waals surface area contributed by atoms with Gasteiger partial charge in [-0.25, -0.2) is 0 Å². The van der Waals surface area contributed by atoms with Gasteiger partial charge in [-0.2, -0.15) is 0 Å². The summed E-state index contributed by atoms with van der Waals surface area (Å²) in [6.45, 7) is 2.42. The Bertz CT molecular complexity index is 1050. The Balaban J connectivity index is 1.66. The molecule has 0 aliphatic heterocycles. The molecule has 3 rings (SSSR count). The van der Waals surface area contributed by atoms with E-state index in [2.05, 4.69) is 15.5 Å². The zero-order valence-corrected chi connectivity index (χ0v) is 17.2. The number of thioether (sulfide) groups is 1. The first kappa shape index (κ1) is 20.7. The average Bonchev–Trinajstić information content (AvgIpc) is 3.16. The van der Waals surface area contributed by atoms with Crippen molar-refractivity contribution in [1.82, 2.24) is 14.8 Å². The second kappa shape index (κ2) is 9.99. The third-order valence-corrected chi connectivity index (χ3v) is 5.65. The molecule has 1 amide bonds. The van der Waals surface area contributed by atoms with Crippen LogP contribution in [0.3, 0.4) is 0 Å². The van der Waals surface area contributed by atoms with Gasteiger partial charge in [-0.3, -0.25) is 19.7 Å². The van der Waals surface area contributed by atoms with Gasteiger partial charge in [-0.15, -0.1) is 10.2 Å². The van der Waals surface area contributed by atoms with Crippen LogP contribution in [0.5, 0.6) is 0 Å². The molecule has 29 heavy (non-hydrogen) atoms. The van der Waals surface area contributed by atoms with Crippen LogP contribution in [0.2, 0.25) is 0 Å². The fourth-order valence-corrected chi connectivity index (χ4v) is 3.97. The zero-order chi connectivity index (χ0) is 20.6. The third-order valence-electron chi connectivity index (χ3n) is 3.71. The van der Waals surface area contributed by atoms with Crippen LogP contribution in [0.15, 0.2) is 57.8 Å². The number of carbonyl (C=O) groups is 2. The summed E-state index contributed by atoms with van der Waals surface area (Å²) in [6.07, 6.45) is 1.64. The predicted molar refractivity (Wildman–Crippen MR) is 111 cm³/mol. The number of pyridine rings is 1. The minimum Gasteiger partial charge on any atom is -0.465 e. The molecule has 8 nitrogen and oxygen atoms in total. The average molecular weight is 431 g/mol. The highest BCUT2D eigenvalue weighted by molar-refractivity contribution is 8.01. The molecular formula is C19H18N4O4S2. The molecule has 10 heteroatoms. The first-order valence-electron chi connectivity index (χ1n) is 8.73. The van der Waals surface area contributed by atoms with Gasteiger partial charge in [0.1, 0.15) is 5.56 Å². The lowest BCUT2D eigenvalue weighted by atomic mass is 10.2. The van der Waals surface area contributed by atoms with Crippen LogP contribution >= 0.6 is 23.1 Å². The molecule has 150 valence electrons. The molecule has 2 aromatic heterocycles. The molecule has 0 atom stereocenters. The summed E-state index contributed by atoms with van der Waals surface area (Å²) in [5.41, 5.74) is 0.578. The van der Waals surface area contributed by atoms with Gasteiger partial charge in [0.25, 0.3) is 11.5 Å². The number of esters is 1. The maximum atomic E-state index is 12.7. The van der Waals surface area contributed by atoms with Crippen molar-refractivity contribution in [3.05, 3.63) is 70.1 Å². The lowest BCUT2D eigenvalue weighted by Crippen LogP contribution is -2.29. The van der Waals surface area contributed by atoms with Gasteiger partial charge in [-0.05, 0) is 24.6 Å². The summed E-state index contributed by atoms with van der Waals surface area (Å²) in [6, 6.07) is 12.6. The summed E-state index contributed by atoms with van der Waals surface area (Å²) in [5.74, 6) is -0.795. The normalized spacial score (nSPS) is 10.5. The van der Waals surface area contributed by atoms with Crippen LogP contribution < -0.4 is 10.9 Å². The van der Waals surface area contributed by atoms with Gasteiger partial charge >= 0.3 is 5.97 Å². The molecule has 0 spiro atoms. The number of aromatic nitrogens is 3. The Morgan fingerprint density at radius 1 is 1.17 bits per heavy atom. The Labute approximate surface area is 174 Å². The fraction of sp³-hybridized carbons (Fsp3) is 0.211. The highest BCUT2D eigenvalue weighted by Gasteiger charge is 2.15. The maximum Gasteiger partial charge on any atom is 0.316 e. The second-order valence-corrected chi connectivity index (χ2v) is 7.96. The third kappa shape index (κ3) is 5.75. The number of amides is 1. The first-order valence-corrected chi connectivity index (χ1v) is 10.5. The number of benzene rings is 1. The van der Waals surface area contributed by atoms with Crippen molar-refractivity contribution in [2.45, 2.75) is 17.8 Å². The number of hydrogen-bond acceptors (Lipinski definition) is 8. The van der Waals surface area contributed by atoms with E-state index in [9.17, 15) is 14.4 Å². The summed E-state index contributed by atoms with van der Waals surface area (Å²) < 4.78 is 6.84. The van der Waals surface area contributed by atoms with E-state index in [1.54, 1.807) is 19.2 Å². The van der Waals surface area contributed by atoms with Crippen molar-refractivity contribution in [3.8, 4) is 0 Å². The second-order valence-electron chi connectivity index (χ2n) is 5.76.